The van der Waals surface area contributed by atoms with Crippen molar-refractivity contribution >= 4 is 29.9 Å². The van der Waals surface area contributed by atoms with E-state index in [-0.39, 0.29) is 24.0 Å². The minimum atomic E-state index is 0. The van der Waals surface area contributed by atoms with Crippen molar-refractivity contribution in [3.05, 3.63) is 77.4 Å². The number of aliphatic imine (C=N–C) groups is 1. The number of ether oxygens (including phenoxy) is 2. The molecular formula is C25H32IN5O2. The molecule has 1 aliphatic rings. The number of imidazole rings is 1. The molecule has 1 aliphatic heterocycles. The first-order valence-corrected chi connectivity index (χ1v) is 11.0. The number of hydrogen-bond acceptors (Lipinski definition) is 4. The van der Waals surface area contributed by atoms with Crippen LogP contribution >= 0.6 is 24.0 Å². The number of rotatable bonds is 7. The predicted molar refractivity (Wildman–Crippen MR) is 142 cm³/mol. The molecule has 0 aliphatic carbocycles. The van der Waals surface area contributed by atoms with Gasteiger partial charge in [0.1, 0.15) is 0 Å². The lowest BCUT2D eigenvalue weighted by molar-refractivity contribution is 0.346. The van der Waals surface area contributed by atoms with Crippen LogP contribution in [-0.4, -0.2) is 47.7 Å². The molecule has 4 rings (SSSR count). The molecule has 33 heavy (non-hydrogen) atoms. The highest BCUT2D eigenvalue weighted by Crippen LogP contribution is 2.33. The molecule has 2 aromatic carbocycles. The number of benzene rings is 2. The summed E-state index contributed by atoms with van der Waals surface area (Å²) in [4.78, 5) is 11.3. The van der Waals surface area contributed by atoms with Crippen LogP contribution in [0.1, 0.15) is 29.2 Å². The van der Waals surface area contributed by atoms with E-state index in [1.165, 1.54) is 22.3 Å². The molecule has 0 fully saturated rings. The van der Waals surface area contributed by atoms with Gasteiger partial charge in [0, 0.05) is 38.6 Å². The third-order valence-corrected chi connectivity index (χ3v) is 5.71. The zero-order chi connectivity index (χ0) is 22.3. The highest BCUT2D eigenvalue weighted by Gasteiger charge is 2.21. The number of nitrogens with zero attached hydrogens (tertiary/aromatic N) is 4. The maximum Gasteiger partial charge on any atom is 0.194 e. The zero-order valence-electron chi connectivity index (χ0n) is 19.5. The van der Waals surface area contributed by atoms with E-state index in [0.29, 0.717) is 6.54 Å². The zero-order valence-corrected chi connectivity index (χ0v) is 21.8. The summed E-state index contributed by atoms with van der Waals surface area (Å²) in [5.74, 6) is 2.50. The first-order chi connectivity index (χ1) is 15.7. The Kier molecular flexibility index (Phi) is 8.99. The Labute approximate surface area is 212 Å². The second kappa shape index (κ2) is 11.9. The van der Waals surface area contributed by atoms with Gasteiger partial charge in [0.2, 0.25) is 0 Å². The van der Waals surface area contributed by atoms with E-state index in [0.717, 1.165) is 50.1 Å². The summed E-state index contributed by atoms with van der Waals surface area (Å²) in [5.41, 5.74) is 5.00. The topological polar surface area (TPSA) is 63.9 Å². The summed E-state index contributed by atoms with van der Waals surface area (Å²) < 4.78 is 13.0. The Morgan fingerprint density at radius 2 is 1.76 bits per heavy atom. The number of aromatic nitrogens is 2. The Morgan fingerprint density at radius 1 is 1.06 bits per heavy atom. The summed E-state index contributed by atoms with van der Waals surface area (Å²) in [5, 5.41) is 3.46. The Hall–Kier alpha value is -2.75. The normalized spacial score (nSPS) is 13.2. The van der Waals surface area contributed by atoms with E-state index in [1.807, 2.05) is 12.5 Å². The molecule has 0 radical (unpaired) electrons. The van der Waals surface area contributed by atoms with Gasteiger partial charge in [-0.15, -0.1) is 24.0 Å². The maximum absolute atomic E-state index is 5.50. The lowest BCUT2D eigenvalue weighted by Gasteiger charge is -2.32. The van der Waals surface area contributed by atoms with Crippen molar-refractivity contribution in [3.8, 4) is 11.5 Å². The van der Waals surface area contributed by atoms with E-state index in [1.54, 1.807) is 20.4 Å². The second-order valence-corrected chi connectivity index (χ2v) is 7.87. The molecule has 1 aromatic heterocycles. The van der Waals surface area contributed by atoms with Crippen LogP contribution in [0.5, 0.6) is 11.5 Å². The van der Waals surface area contributed by atoms with Crippen LogP contribution < -0.4 is 14.8 Å². The van der Waals surface area contributed by atoms with Crippen LogP contribution in [0.2, 0.25) is 0 Å². The van der Waals surface area contributed by atoms with Crippen molar-refractivity contribution in [2.24, 2.45) is 4.99 Å². The van der Waals surface area contributed by atoms with Gasteiger partial charge in [0.25, 0.3) is 0 Å². The Morgan fingerprint density at radius 3 is 2.39 bits per heavy atom. The summed E-state index contributed by atoms with van der Waals surface area (Å²) in [6.07, 6.45) is 6.56. The van der Waals surface area contributed by atoms with Crippen molar-refractivity contribution in [2.75, 3.05) is 27.3 Å². The largest absolute Gasteiger partial charge is 0.493 e. The molecule has 8 heteroatoms. The molecule has 2 heterocycles. The van der Waals surface area contributed by atoms with Gasteiger partial charge in [-0.3, -0.25) is 0 Å². The Bertz CT molecular complexity index is 1050. The van der Waals surface area contributed by atoms with E-state index in [2.05, 4.69) is 63.1 Å². The van der Waals surface area contributed by atoms with E-state index < -0.39 is 0 Å². The average molecular weight is 561 g/mol. The second-order valence-electron chi connectivity index (χ2n) is 7.87. The van der Waals surface area contributed by atoms with Gasteiger partial charge in [-0.25, -0.2) is 9.98 Å². The third-order valence-electron chi connectivity index (χ3n) is 5.71. The van der Waals surface area contributed by atoms with Crippen molar-refractivity contribution in [1.82, 2.24) is 19.8 Å². The quantitative estimate of drug-likeness (QED) is 0.268. The minimum Gasteiger partial charge on any atom is -0.493 e. The number of fused-ring (bicyclic) bond motifs is 1. The van der Waals surface area contributed by atoms with Gasteiger partial charge in [0.05, 0.1) is 27.1 Å². The molecule has 0 spiro atoms. The smallest absolute Gasteiger partial charge is 0.194 e. The predicted octanol–water partition coefficient (Wildman–Crippen LogP) is 4.09. The van der Waals surface area contributed by atoms with Gasteiger partial charge in [-0.05, 0) is 47.7 Å². The highest BCUT2D eigenvalue weighted by atomic mass is 127. The summed E-state index contributed by atoms with van der Waals surface area (Å²) in [6, 6.07) is 12.8. The van der Waals surface area contributed by atoms with Crippen LogP contribution in [0.4, 0.5) is 0 Å². The fourth-order valence-corrected chi connectivity index (χ4v) is 4.00. The monoisotopic (exact) mass is 561 g/mol. The van der Waals surface area contributed by atoms with Gasteiger partial charge < -0.3 is 24.3 Å². The SMILES string of the molecule is CCNC(=NCc1ccc(Cn2ccnc2)cc1)N1CCc2cc(OC)c(OC)cc2C1.I. The maximum atomic E-state index is 5.50. The average Bonchev–Trinajstić information content (AvgIpc) is 3.34. The number of methoxy groups -OCH3 is 2. The molecule has 0 saturated carbocycles. The number of nitrogens with one attached hydrogen (secondary N) is 1. The summed E-state index contributed by atoms with van der Waals surface area (Å²) in [6.45, 7) is 6.12. The number of guanidine groups is 1. The van der Waals surface area contributed by atoms with Crippen LogP contribution in [0.25, 0.3) is 0 Å². The molecule has 0 bridgehead atoms. The summed E-state index contributed by atoms with van der Waals surface area (Å²) >= 11 is 0. The van der Waals surface area contributed by atoms with Gasteiger partial charge in [0.15, 0.2) is 17.5 Å². The van der Waals surface area contributed by atoms with E-state index in [4.69, 9.17) is 14.5 Å². The fraction of sp³-hybridized carbons (Fsp3) is 0.360. The molecule has 7 nitrogen and oxygen atoms in total. The third kappa shape index (κ3) is 6.19. The molecule has 0 amide bonds. The van der Waals surface area contributed by atoms with Gasteiger partial charge in [-0.2, -0.15) is 0 Å². The van der Waals surface area contributed by atoms with E-state index >= 15 is 0 Å². The summed E-state index contributed by atoms with van der Waals surface area (Å²) in [7, 11) is 3.36. The molecule has 3 aromatic rings. The van der Waals surface area contributed by atoms with Gasteiger partial charge >= 0.3 is 0 Å². The van der Waals surface area contributed by atoms with Crippen LogP contribution in [-0.2, 0) is 26.1 Å². The standard InChI is InChI=1S/C25H31N5O2.HI/c1-4-27-25(28-15-19-5-7-20(8-6-19)16-29-12-10-26-18-29)30-11-9-21-13-23(31-2)24(32-3)14-22(21)17-30;/h5-8,10,12-14,18H,4,9,11,15-17H2,1-3H3,(H,27,28);1H. The van der Waals surface area contributed by atoms with Crippen LogP contribution in [0, 0.1) is 0 Å². The van der Waals surface area contributed by atoms with Crippen molar-refractivity contribution in [2.45, 2.75) is 33.0 Å². The molecular weight excluding hydrogens is 529 g/mol. The van der Waals surface area contributed by atoms with Crippen LogP contribution in [0.15, 0.2) is 60.1 Å². The van der Waals surface area contributed by atoms with Gasteiger partial charge in [-0.1, -0.05) is 24.3 Å². The molecule has 176 valence electrons. The lowest BCUT2D eigenvalue weighted by atomic mass is 9.99. The van der Waals surface area contributed by atoms with Crippen LogP contribution in [0.3, 0.4) is 0 Å². The molecule has 0 atom stereocenters. The minimum absolute atomic E-state index is 0. The van der Waals surface area contributed by atoms with Crippen molar-refractivity contribution in [3.63, 3.8) is 0 Å². The molecule has 0 unspecified atom stereocenters. The van der Waals surface area contributed by atoms with Crippen molar-refractivity contribution < 1.29 is 9.47 Å². The number of halogens is 1. The first kappa shape index (κ1) is 24.9. The lowest BCUT2D eigenvalue weighted by Crippen LogP contribution is -2.44. The first-order valence-electron chi connectivity index (χ1n) is 11.0. The number of hydrogen-bond donors (Lipinski definition) is 1. The Balaban J connectivity index is 0.00000306. The fourth-order valence-electron chi connectivity index (χ4n) is 4.00. The molecule has 1 N–H and O–H groups in total. The molecule has 0 saturated heterocycles. The van der Waals surface area contributed by atoms with E-state index in [9.17, 15) is 0 Å². The highest BCUT2D eigenvalue weighted by molar-refractivity contribution is 14.0. The van der Waals surface area contributed by atoms with Crippen molar-refractivity contribution in [1.29, 1.82) is 0 Å².